The number of nitrogens with zero attached hydrogens (tertiary/aromatic N) is 2. The fraction of sp³-hybridized carbons (Fsp3) is 0.267. The largest absolute Gasteiger partial charge is 0.493 e. The summed E-state index contributed by atoms with van der Waals surface area (Å²) in [6.45, 7) is 0.365. The molecule has 12 nitrogen and oxygen atoms in total. The second-order valence-electron chi connectivity index (χ2n) is 10.00. The van der Waals surface area contributed by atoms with Crippen molar-refractivity contribution in [3.8, 4) is 33.6 Å². The van der Waals surface area contributed by atoms with E-state index < -0.39 is 18.1 Å². The van der Waals surface area contributed by atoms with Gasteiger partial charge in [-0.15, -0.1) is 11.3 Å². The Balaban J connectivity index is 1.33. The summed E-state index contributed by atoms with van der Waals surface area (Å²) < 4.78 is 23.1. The van der Waals surface area contributed by atoms with Crippen molar-refractivity contribution in [3.05, 3.63) is 76.8 Å². The van der Waals surface area contributed by atoms with E-state index in [-0.39, 0.29) is 43.8 Å². The van der Waals surface area contributed by atoms with E-state index in [1.165, 1.54) is 37.8 Å². The summed E-state index contributed by atoms with van der Waals surface area (Å²) in [4.78, 5) is 42.3. The Labute approximate surface area is 250 Å². The van der Waals surface area contributed by atoms with Crippen LogP contribution in [0, 0.1) is 0 Å². The van der Waals surface area contributed by atoms with Crippen molar-refractivity contribution in [1.82, 2.24) is 25.7 Å². The molecule has 2 aromatic carbocycles. The quantitative estimate of drug-likeness (QED) is 0.323. The summed E-state index contributed by atoms with van der Waals surface area (Å²) >= 11 is 1.50. The van der Waals surface area contributed by atoms with Crippen molar-refractivity contribution in [1.29, 1.82) is 0 Å². The molecule has 7 rings (SSSR count). The SMILES string of the molecule is COc1ccc2cc1OCC(=O)NCc1ccc(c(OC)c1)O[C@H]1CN(C(=O)c3cn[nH]c3-c3cccs3)C[C@@H]1NC2=O. The van der Waals surface area contributed by atoms with Crippen molar-refractivity contribution in [2.45, 2.75) is 18.7 Å². The zero-order valence-electron chi connectivity index (χ0n) is 23.4. The number of amides is 3. The van der Waals surface area contributed by atoms with Gasteiger partial charge in [-0.3, -0.25) is 19.5 Å². The van der Waals surface area contributed by atoms with E-state index in [1.54, 1.807) is 29.2 Å². The van der Waals surface area contributed by atoms with Crippen molar-refractivity contribution in [2.75, 3.05) is 33.9 Å². The van der Waals surface area contributed by atoms with E-state index in [0.29, 0.717) is 34.1 Å². The molecule has 4 bridgehead atoms. The molecule has 3 N–H and O–H groups in total. The van der Waals surface area contributed by atoms with Gasteiger partial charge in [0, 0.05) is 18.7 Å². The van der Waals surface area contributed by atoms with E-state index in [4.69, 9.17) is 18.9 Å². The Morgan fingerprint density at radius 2 is 1.91 bits per heavy atom. The van der Waals surface area contributed by atoms with Gasteiger partial charge in [-0.2, -0.15) is 5.10 Å². The third kappa shape index (κ3) is 5.84. The van der Waals surface area contributed by atoms with Gasteiger partial charge in [-0.1, -0.05) is 12.1 Å². The van der Waals surface area contributed by atoms with Gasteiger partial charge in [0.2, 0.25) is 0 Å². The van der Waals surface area contributed by atoms with Crippen LogP contribution in [0.4, 0.5) is 0 Å². The molecule has 3 amide bonds. The second-order valence-corrected chi connectivity index (χ2v) is 10.9. The van der Waals surface area contributed by atoms with E-state index in [1.807, 2.05) is 23.6 Å². The maximum atomic E-state index is 13.8. The lowest BCUT2D eigenvalue weighted by Crippen LogP contribution is -2.45. The normalized spacial score (nSPS) is 18.5. The fourth-order valence-electron chi connectivity index (χ4n) is 5.08. The molecule has 5 heterocycles. The smallest absolute Gasteiger partial charge is 0.258 e. The van der Waals surface area contributed by atoms with E-state index in [2.05, 4.69) is 20.8 Å². The minimum absolute atomic E-state index is 0.197. The van der Waals surface area contributed by atoms with Crippen LogP contribution in [0.5, 0.6) is 23.0 Å². The lowest BCUT2D eigenvalue weighted by molar-refractivity contribution is -0.123. The first kappa shape index (κ1) is 28.1. The van der Waals surface area contributed by atoms with Crippen LogP contribution in [0.1, 0.15) is 26.3 Å². The number of ether oxygens (including phenoxy) is 4. The van der Waals surface area contributed by atoms with E-state index >= 15 is 0 Å². The van der Waals surface area contributed by atoms with Gasteiger partial charge in [0.15, 0.2) is 29.6 Å². The van der Waals surface area contributed by atoms with Crippen LogP contribution >= 0.6 is 11.3 Å². The molecule has 0 saturated carbocycles. The van der Waals surface area contributed by atoms with Crippen LogP contribution < -0.4 is 29.6 Å². The molecule has 3 aliphatic rings. The average Bonchev–Trinajstić information content (AvgIpc) is 3.80. The number of methoxy groups -OCH3 is 2. The molecule has 0 radical (unpaired) electrons. The first-order chi connectivity index (χ1) is 20.9. The minimum Gasteiger partial charge on any atom is -0.493 e. The molecule has 4 aromatic rings. The number of thiophene rings is 1. The van der Waals surface area contributed by atoms with Crippen LogP contribution in [-0.2, 0) is 11.3 Å². The molecule has 2 atom stereocenters. The topological polar surface area (TPSA) is 144 Å². The third-order valence-corrected chi connectivity index (χ3v) is 8.18. The molecule has 0 unspecified atom stereocenters. The Morgan fingerprint density at radius 1 is 1.05 bits per heavy atom. The molecule has 13 heteroatoms. The Hall–Kier alpha value is -5.04. The Morgan fingerprint density at radius 3 is 2.70 bits per heavy atom. The van der Waals surface area contributed by atoms with Crippen LogP contribution in [0.15, 0.2) is 60.1 Å². The van der Waals surface area contributed by atoms with E-state index in [0.717, 1.165) is 10.4 Å². The van der Waals surface area contributed by atoms with Gasteiger partial charge in [-0.25, -0.2) is 0 Å². The maximum absolute atomic E-state index is 13.8. The highest BCUT2D eigenvalue weighted by Gasteiger charge is 2.40. The molecular formula is C30H29N5O7S. The highest BCUT2D eigenvalue weighted by molar-refractivity contribution is 7.13. The number of carbonyl (C=O) groups is 3. The number of benzene rings is 2. The van der Waals surface area contributed by atoms with Gasteiger partial charge in [-0.05, 0) is 47.3 Å². The molecule has 0 aliphatic carbocycles. The standard InChI is InChI=1S/C30H29N5O7S/c1-39-21-8-6-18-11-24(21)41-16-27(36)31-12-17-5-7-22(23(10-17)40-2)42-25-15-35(14-20(25)33-29(18)37)30(38)19-13-32-34-28(19)26-4-3-9-43-26/h3-11,13,20,25H,12,14-16H2,1-2H3,(H,31,36)(H,32,34)(H,33,37)/t20-,25-/m0/s1. The molecule has 1 fully saturated rings. The number of nitrogens with one attached hydrogen (secondary N) is 3. The zero-order valence-corrected chi connectivity index (χ0v) is 24.2. The van der Waals surface area contributed by atoms with Crippen molar-refractivity contribution < 1.29 is 33.3 Å². The summed E-state index contributed by atoms with van der Waals surface area (Å²) in [5.74, 6) is 0.535. The number of rotatable bonds is 4. The molecule has 3 aliphatic heterocycles. The number of aromatic amines is 1. The van der Waals surface area contributed by atoms with Gasteiger partial charge < -0.3 is 34.5 Å². The summed E-state index contributed by atoms with van der Waals surface area (Å²) in [6, 6.07) is 13.3. The highest BCUT2D eigenvalue weighted by Crippen LogP contribution is 2.33. The molecule has 2 aromatic heterocycles. The molecule has 1 saturated heterocycles. The lowest BCUT2D eigenvalue weighted by atomic mass is 10.1. The predicted molar refractivity (Wildman–Crippen MR) is 157 cm³/mol. The first-order valence-electron chi connectivity index (χ1n) is 13.5. The fourth-order valence-corrected chi connectivity index (χ4v) is 5.82. The van der Waals surface area contributed by atoms with Crippen molar-refractivity contribution in [2.24, 2.45) is 0 Å². The second kappa shape index (κ2) is 12.1. The molecule has 0 spiro atoms. The van der Waals surface area contributed by atoms with Gasteiger partial charge in [0.1, 0.15) is 6.10 Å². The number of aromatic nitrogens is 2. The van der Waals surface area contributed by atoms with Crippen LogP contribution in [0.25, 0.3) is 10.6 Å². The predicted octanol–water partition coefficient (Wildman–Crippen LogP) is 2.87. The van der Waals surface area contributed by atoms with E-state index in [9.17, 15) is 14.4 Å². The summed E-state index contributed by atoms with van der Waals surface area (Å²) in [7, 11) is 3.00. The zero-order chi connectivity index (χ0) is 29.9. The number of hydrogen-bond acceptors (Lipinski definition) is 9. The number of hydrogen-bond donors (Lipinski definition) is 3. The Kier molecular flexibility index (Phi) is 7.88. The number of fused-ring (bicyclic) bond motifs is 7. The van der Waals surface area contributed by atoms with Crippen molar-refractivity contribution >= 4 is 29.1 Å². The molecular weight excluding hydrogens is 574 g/mol. The molecule has 43 heavy (non-hydrogen) atoms. The van der Waals surface area contributed by atoms with Gasteiger partial charge in [0.25, 0.3) is 17.7 Å². The van der Waals surface area contributed by atoms with Gasteiger partial charge in [0.05, 0.1) is 49.1 Å². The lowest BCUT2D eigenvalue weighted by Gasteiger charge is -2.22. The first-order valence-corrected chi connectivity index (χ1v) is 14.4. The van der Waals surface area contributed by atoms with Crippen molar-refractivity contribution in [3.63, 3.8) is 0 Å². The molecule has 222 valence electrons. The van der Waals surface area contributed by atoms with Crippen LogP contribution in [-0.4, -0.2) is 78.9 Å². The highest BCUT2D eigenvalue weighted by atomic mass is 32.1. The number of likely N-dealkylation sites (tertiary alicyclic amines) is 1. The monoisotopic (exact) mass is 603 g/mol. The van der Waals surface area contributed by atoms with Crippen LogP contribution in [0.2, 0.25) is 0 Å². The van der Waals surface area contributed by atoms with Crippen LogP contribution in [0.3, 0.4) is 0 Å². The summed E-state index contributed by atoms with van der Waals surface area (Å²) in [6.07, 6.45) is 0.914. The average molecular weight is 604 g/mol. The summed E-state index contributed by atoms with van der Waals surface area (Å²) in [5.41, 5.74) is 2.15. The third-order valence-electron chi connectivity index (χ3n) is 7.29. The minimum atomic E-state index is -0.603. The van der Waals surface area contributed by atoms with Gasteiger partial charge >= 0.3 is 0 Å². The Bertz CT molecular complexity index is 1650. The number of carbonyl (C=O) groups excluding carboxylic acids is 3. The summed E-state index contributed by atoms with van der Waals surface area (Å²) in [5, 5.41) is 14.8. The maximum Gasteiger partial charge on any atom is 0.258 e. The number of H-pyrrole nitrogens is 1.